The molecular formula is C6H11NO. The van der Waals surface area contributed by atoms with Crippen LogP contribution >= 0.6 is 0 Å². The molecule has 1 atom stereocenters. The molecule has 0 fully saturated rings. The molecule has 0 bridgehead atoms. The summed E-state index contributed by atoms with van der Waals surface area (Å²) < 4.78 is 0. The van der Waals surface area contributed by atoms with Crippen molar-refractivity contribution in [2.75, 3.05) is 7.05 Å². The first-order valence-electron chi connectivity index (χ1n) is 2.50. The van der Waals surface area contributed by atoms with Gasteiger partial charge in [0.2, 0.25) is 0 Å². The van der Waals surface area contributed by atoms with Crippen molar-refractivity contribution in [3.63, 3.8) is 0 Å². The number of nitrogens with one attached hydrogen (secondary N) is 1. The van der Waals surface area contributed by atoms with Crippen LogP contribution in [0.15, 0.2) is 12.2 Å². The van der Waals surface area contributed by atoms with E-state index in [0.717, 1.165) is 11.9 Å². The van der Waals surface area contributed by atoms with Gasteiger partial charge in [0.25, 0.3) is 0 Å². The summed E-state index contributed by atoms with van der Waals surface area (Å²) in [5, 5.41) is 2.78. The van der Waals surface area contributed by atoms with Gasteiger partial charge in [0.1, 0.15) is 6.29 Å². The van der Waals surface area contributed by atoms with E-state index in [2.05, 4.69) is 11.9 Å². The van der Waals surface area contributed by atoms with Crippen LogP contribution in [0.5, 0.6) is 0 Å². The maximum atomic E-state index is 10.1. The molecule has 0 aliphatic rings. The van der Waals surface area contributed by atoms with Crippen LogP contribution in [0, 0.1) is 0 Å². The minimum absolute atomic E-state index is 0.171. The molecule has 0 aromatic heterocycles. The number of aldehydes is 1. The van der Waals surface area contributed by atoms with Gasteiger partial charge in [-0.15, -0.1) is 0 Å². The zero-order chi connectivity index (χ0) is 6.57. The monoisotopic (exact) mass is 113 g/mol. The second kappa shape index (κ2) is 3.38. The molecule has 0 aliphatic carbocycles. The second-order valence-corrected chi connectivity index (χ2v) is 1.75. The molecule has 0 spiro atoms. The maximum absolute atomic E-state index is 10.1. The van der Waals surface area contributed by atoms with Crippen LogP contribution in [-0.4, -0.2) is 19.4 Å². The molecule has 0 unspecified atom stereocenters. The van der Waals surface area contributed by atoms with Gasteiger partial charge in [-0.25, -0.2) is 0 Å². The van der Waals surface area contributed by atoms with Gasteiger partial charge in [-0.1, -0.05) is 12.2 Å². The average Bonchev–Trinajstić information content (AvgIpc) is 1.69. The minimum Gasteiger partial charge on any atom is -0.307 e. The van der Waals surface area contributed by atoms with Gasteiger partial charge in [-0.05, 0) is 14.0 Å². The van der Waals surface area contributed by atoms with Gasteiger partial charge < -0.3 is 10.1 Å². The van der Waals surface area contributed by atoms with Crippen molar-refractivity contribution in [2.24, 2.45) is 0 Å². The van der Waals surface area contributed by atoms with E-state index in [1.807, 2.05) is 6.92 Å². The summed E-state index contributed by atoms with van der Waals surface area (Å²) in [7, 11) is 1.73. The lowest BCUT2D eigenvalue weighted by molar-refractivity contribution is -0.108. The molecule has 0 heterocycles. The van der Waals surface area contributed by atoms with E-state index in [1.165, 1.54) is 0 Å². The number of hydrogen-bond acceptors (Lipinski definition) is 2. The Kier molecular flexibility index (Phi) is 3.12. The highest BCUT2D eigenvalue weighted by molar-refractivity contribution is 5.62. The van der Waals surface area contributed by atoms with Crippen LogP contribution in [0.4, 0.5) is 0 Å². The van der Waals surface area contributed by atoms with E-state index in [4.69, 9.17) is 0 Å². The predicted octanol–water partition coefficient (Wildman–Crippen LogP) is 0.349. The largest absolute Gasteiger partial charge is 0.307 e. The van der Waals surface area contributed by atoms with Gasteiger partial charge >= 0.3 is 0 Å². The van der Waals surface area contributed by atoms with Crippen LogP contribution in [0.1, 0.15) is 6.92 Å². The van der Waals surface area contributed by atoms with Crippen molar-refractivity contribution < 1.29 is 4.79 Å². The van der Waals surface area contributed by atoms with Crippen molar-refractivity contribution in [3.8, 4) is 0 Å². The first-order valence-corrected chi connectivity index (χ1v) is 2.50. The van der Waals surface area contributed by atoms with E-state index < -0.39 is 0 Å². The molecule has 0 saturated heterocycles. The first kappa shape index (κ1) is 7.37. The molecule has 0 amide bonds. The Morgan fingerprint density at radius 3 is 2.38 bits per heavy atom. The standard InChI is InChI=1S/C6H11NO/c1-5(2)6(4-8)7-3/h4,6-7H,1H2,2-3H3/t6-/m1/s1. The van der Waals surface area contributed by atoms with E-state index in [-0.39, 0.29) is 6.04 Å². The van der Waals surface area contributed by atoms with Crippen LogP contribution < -0.4 is 5.32 Å². The van der Waals surface area contributed by atoms with Crippen molar-refractivity contribution in [3.05, 3.63) is 12.2 Å². The number of likely N-dealkylation sites (N-methyl/N-ethyl adjacent to an activating group) is 1. The fraction of sp³-hybridized carbons (Fsp3) is 0.500. The Labute approximate surface area is 49.6 Å². The molecule has 2 heteroatoms. The third-order valence-electron chi connectivity index (χ3n) is 0.978. The number of hydrogen-bond donors (Lipinski definition) is 1. The Morgan fingerprint density at radius 2 is 2.38 bits per heavy atom. The zero-order valence-corrected chi connectivity index (χ0v) is 5.27. The Morgan fingerprint density at radius 1 is 1.88 bits per heavy atom. The Bertz CT molecular complexity index is 98.7. The van der Waals surface area contributed by atoms with E-state index >= 15 is 0 Å². The van der Waals surface area contributed by atoms with Crippen molar-refractivity contribution in [1.29, 1.82) is 0 Å². The second-order valence-electron chi connectivity index (χ2n) is 1.75. The third-order valence-corrected chi connectivity index (χ3v) is 0.978. The highest BCUT2D eigenvalue weighted by Crippen LogP contribution is 1.90. The van der Waals surface area contributed by atoms with Crippen LogP contribution in [0.2, 0.25) is 0 Å². The summed E-state index contributed by atoms with van der Waals surface area (Å²) in [4.78, 5) is 10.1. The predicted molar refractivity (Wildman–Crippen MR) is 33.7 cm³/mol. The summed E-state index contributed by atoms with van der Waals surface area (Å²) in [6, 6.07) is -0.171. The van der Waals surface area contributed by atoms with Crippen molar-refractivity contribution >= 4 is 6.29 Å². The van der Waals surface area contributed by atoms with Gasteiger partial charge in [0.15, 0.2) is 0 Å². The molecule has 1 N–H and O–H groups in total. The van der Waals surface area contributed by atoms with Gasteiger partial charge in [0, 0.05) is 0 Å². The van der Waals surface area contributed by atoms with Gasteiger partial charge in [0.05, 0.1) is 6.04 Å². The van der Waals surface area contributed by atoms with Crippen LogP contribution in [-0.2, 0) is 4.79 Å². The third kappa shape index (κ3) is 1.89. The molecule has 0 rings (SSSR count). The topological polar surface area (TPSA) is 29.1 Å². The smallest absolute Gasteiger partial charge is 0.141 e. The fourth-order valence-corrected chi connectivity index (χ4v) is 0.431. The van der Waals surface area contributed by atoms with Crippen LogP contribution in [0.25, 0.3) is 0 Å². The maximum Gasteiger partial charge on any atom is 0.141 e. The molecule has 2 nitrogen and oxygen atoms in total. The average molecular weight is 113 g/mol. The van der Waals surface area contributed by atoms with Gasteiger partial charge in [-0.2, -0.15) is 0 Å². The fourth-order valence-electron chi connectivity index (χ4n) is 0.431. The molecule has 0 aromatic rings. The molecule has 46 valence electrons. The molecule has 8 heavy (non-hydrogen) atoms. The summed E-state index contributed by atoms with van der Waals surface area (Å²) in [5.74, 6) is 0. The van der Waals surface area contributed by atoms with Crippen LogP contribution in [0.3, 0.4) is 0 Å². The number of carbonyl (C=O) groups is 1. The molecule has 0 aromatic carbocycles. The minimum atomic E-state index is -0.171. The molecule has 0 saturated carbocycles. The summed E-state index contributed by atoms with van der Waals surface area (Å²) in [5.41, 5.74) is 0.850. The quantitative estimate of drug-likeness (QED) is 0.422. The van der Waals surface area contributed by atoms with Gasteiger partial charge in [-0.3, -0.25) is 0 Å². The molecule has 0 aliphatic heterocycles. The lowest BCUT2D eigenvalue weighted by Gasteiger charge is -2.05. The van der Waals surface area contributed by atoms with E-state index in [1.54, 1.807) is 7.05 Å². The normalized spacial score (nSPS) is 12.8. The van der Waals surface area contributed by atoms with E-state index in [0.29, 0.717) is 0 Å². The zero-order valence-electron chi connectivity index (χ0n) is 5.27. The van der Waals surface area contributed by atoms with Crippen molar-refractivity contribution in [1.82, 2.24) is 5.32 Å². The highest BCUT2D eigenvalue weighted by Gasteiger charge is 2.00. The number of rotatable bonds is 3. The summed E-state index contributed by atoms with van der Waals surface area (Å²) in [6.45, 7) is 5.42. The SMILES string of the molecule is C=C(C)[C@@H](C=O)NC. The number of carbonyl (C=O) groups excluding carboxylic acids is 1. The Balaban J connectivity index is 3.69. The highest BCUT2D eigenvalue weighted by atomic mass is 16.1. The molecule has 0 radical (unpaired) electrons. The lowest BCUT2D eigenvalue weighted by atomic mass is 10.2. The Hall–Kier alpha value is -0.630. The molecular weight excluding hydrogens is 102 g/mol. The summed E-state index contributed by atoms with van der Waals surface area (Å²) >= 11 is 0. The summed E-state index contributed by atoms with van der Waals surface area (Å²) in [6.07, 6.45) is 0.836. The first-order chi connectivity index (χ1) is 3.72. The lowest BCUT2D eigenvalue weighted by Crippen LogP contribution is -2.26. The van der Waals surface area contributed by atoms with E-state index in [9.17, 15) is 4.79 Å². The van der Waals surface area contributed by atoms with Crippen molar-refractivity contribution in [2.45, 2.75) is 13.0 Å².